The molecule has 2 atom stereocenters. The zero-order chi connectivity index (χ0) is 22.7. The number of hydrogen-bond donors (Lipinski definition) is 0. The standard InChI is InChI=1S/C23H24N2O6S/c1-16-13-25(14-17(2)30-16)32(27,28)21-10-6-9-19(11-21)23(26)29-15-20-12-22(24-31-20)18-7-4-3-5-8-18/h3-12,16-17H,13-15H2,1-2H3. The van der Waals surface area contributed by atoms with Crippen LogP contribution in [-0.2, 0) is 26.1 Å². The molecular formula is C23H24N2O6S. The van der Waals surface area contributed by atoms with Gasteiger partial charge in [-0.05, 0) is 32.0 Å². The normalized spacial score (nSPS) is 19.6. The van der Waals surface area contributed by atoms with Crippen molar-refractivity contribution in [2.45, 2.75) is 37.6 Å². The van der Waals surface area contributed by atoms with Crippen LogP contribution in [0.2, 0.25) is 0 Å². The van der Waals surface area contributed by atoms with Gasteiger partial charge in [0.2, 0.25) is 10.0 Å². The maximum absolute atomic E-state index is 13.1. The van der Waals surface area contributed by atoms with E-state index in [4.69, 9.17) is 14.0 Å². The van der Waals surface area contributed by atoms with Gasteiger partial charge in [-0.25, -0.2) is 13.2 Å². The highest BCUT2D eigenvalue weighted by Crippen LogP contribution is 2.23. The molecule has 0 aliphatic carbocycles. The third kappa shape index (κ3) is 4.90. The molecule has 0 spiro atoms. The number of nitrogens with zero attached hydrogens (tertiary/aromatic N) is 2. The highest BCUT2D eigenvalue weighted by atomic mass is 32.2. The first-order valence-corrected chi connectivity index (χ1v) is 11.7. The third-order valence-corrected chi connectivity index (χ3v) is 6.90. The molecule has 8 nitrogen and oxygen atoms in total. The Kier molecular flexibility index (Phi) is 6.40. The second-order valence-corrected chi connectivity index (χ2v) is 9.67. The summed E-state index contributed by atoms with van der Waals surface area (Å²) in [7, 11) is -3.76. The molecule has 0 N–H and O–H groups in total. The first kappa shape index (κ1) is 22.2. The molecule has 2 heterocycles. The highest BCUT2D eigenvalue weighted by molar-refractivity contribution is 7.89. The zero-order valence-corrected chi connectivity index (χ0v) is 18.6. The minimum atomic E-state index is -3.76. The lowest BCUT2D eigenvalue weighted by molar-refractivity contribution is -0.0440. The fourth-order valence-electron chi connectivity index (χ4n) is 3.61. The Labute approximate surface area is 186 Å². The molecule has 2 unspecified atom stereocenters. The Morgan fingerprint density at radius 2 is 1.78 bits per heavy atom. The van der Waals surface area contributed by atoms with Crippen LogP contribution in [0.5, 0.6) is 0 Å². The lowest BCUT2D eigenvalue weighted by atomic mass is 10.1. The minimum Gasteiger partial charge on any atom is -0.454 e. The lowest BCUT2D eigenvalue weighted by Crippen LogP contribution is -2.48. The van der Waals surface area contributed by atoms with Crippen LogP contribution in [0.25, 0.3) is 11.3 Å². The van der Waals surface area contributed by atoms with E-state index in [0.717, 1.165) is 5.56 Å². The van der Waals surface area contributed by atoms with Crippen molar-refractivity contribution < 1.29 is 27.2 Å². The van der Waals surface area contributed by atoms with E-state index in [-0.39, 0.29) is 42.4 Å². The molecule has 0 saturated carbocycles. The topological polar surface area (TPSA) is 98.9 Å². The monoisotopic (exact) mass is 456 g/mol. The molecule has 1 saturated heterocycles. The summed E-state index contributed by atoms with van der Waals surface area (Å²) in [6, 6.07) is 17.0. The predicted octanol–water partition coefficient (Wildman–Crippen LogP) is 3.50. The van der Waals surface area contributed by atoms with E-state index >= 15 is 0 Å². The smallest absolute Gasteiger partial charge is 0.338 e. The number of rotatable bonds is 6. The number of sulfonamides is 1. The average Bonchev–Trinajstić information content (AvgIpc) is 3.26. The van der Waals surface area contributed by atoms with E-state index in [2.05, 4.69) is 5.16 Å². The van der Waals surface area contributed by atoms with E-state index in [0.29, 0.717) is 11.5 Å². The van der Waals surface area contributed by atoms with Crippen LogP contribution < -0.4 is 0 Å². The Bertz CT molecular complexity index is 1180. The second kappa shape index (κ2) is 9.23. The Balaban J connectivity index is 1.44. The fourth-order valence-corrected chi connectivity index (χ4v) is 5.24. The van der Waals surface area contributed by atoms with Crippen molar-refractivity contribution in [3.05, 3.63) is 72.0 Å². The molecule has 0 bridgehead atoms. The highest BCUT2D eigenvalue weighted by Gasteiger charge is 2.32. The lowest BCUT2D eigenvalue weighted by Gasteiger charge is -2.34. The zero-order valence-electron chi connectivity index (χ0n) is 17.8. The summed E-state index contributed by atoms with van der Waals surface area (Å²) in [6.45, 7) is 4.07. The molecule has 3 aromatic rings. The molecule has 4 rings (SSSR count). The maximum Gasteiger partial charge on any atom is 0.338 e. The summed E-state index contributed by atoms with van der Waals surface area (Å²) in [5, 5.41) is 3.99. The molecule has 1 aliphatic rings. The van der Waals surface area contributed by atoms with Crippen LogP contribution in [0.3, 0.4) is 0 Å². The van der Waals surface area contributed by atoms with Gasteiger partial charge in [0.25, 0.3) is 0 Å². The molecule has 1 aromatic heterocycles. The molecule has 32 heavy (non-hydrogen) atoms. The Morgan fingerprint density at radius 1 is 1.06 bits per heavy atom. The van der Waals surface area contributed by atoms with Gasteiger partial charge in [0.05, 0.1) is 22.7 Å². The van der Waals surface area contributed by atoms with Crippen molar-refractivity contribution in [2.24, 2.45) is 0 Å². The first-order valence-electron chi connectivity index (χ1n) is 10.3. The Morgan fingerprint density at radius 3 is 2.50 bits per heavy atom. The summed E-state index contributed by atoms with van der Waals surface area (Å²) in [6.07, 6.45) is -0.409. The molecule has 1 fully saturated rings. The van der Waals surface area contributed by atoms with Crippen molar-refractivity contribution >= 4 is 16.0 Å². The molecule has 9 heteroatoms. The number of aromatic nitrogens is 1. The molecule has 1 aliphatic heterocycles. The number of hydrogen-bond acceptors (Lipinski definition) is 7. The number of carbonyl (C=O) groups is 1. The van der Waals surface area contributed by atoms with Gasteiger partial charge < -0.3 is 14.0 Å². The number of morpholine rings is 1. The molecular weight excluding hydrogens is 432 g/mol. The van der Waals surface area contributed by atoms with Crippen LogP contribution in [0.15, 0.2) is 70.1 Å². The molecule has 2 aromatic carbocycles. The second-order valence-electron chi connectivity index (χ2n) is 7.73. The van der Waals surface area contributed by atoms with E-state index < -0.39 is 16.0 Å². The number of esters is 1. The third-order valence-electron chi connectivity index (χ3n) is 5.07. The van der Waals surface area contributed by atoms with E-state index in [9.17, 15) is 13.2 Å². The summed E-state index contributed by atoms with van der Waals surface area (Å²) < 4.78 is 43.7. The quantitative estimate of drug-likeness (QED) is 0.524. The van der Waals surface area contributed by atoms with Crippen molar-refractivity contribution in [1.82, 2.24) is 9.46 Å². The molecule has 0 amide bonds. The van der Waals surface area contributed by atoms with Gasteiger partial charge in [-0.2, -0.15) is 4.31 Å². The maximum atomic E-state index is 13.1. The van der Waals surface area contributed by atoms with Crippen molar-refractivity contribution in [1.29, 1.82) is 0 Å². The summed E-state index contributed by atoms with van der Waals surface area (Å²) in [5.74, 6) is -0.263. The van der Waals surface area contributed by atoms with Gasteiger partial charge in [0, 0.05) is 24.7 Å². The van der Waals surface area contributed by atoms with Crippen LogP contribution in [-0.4, -0.2) is 49.1 Å². The summed E-state index contributed by atoms with van der Waals surface area (Å²) in [5.41, 5.74) is 1.67. The Hall–Kier alpha value is -3.01. The predicted molar refractivity (Wildman–Crippen MR) is 116 cm³/mol. The van der Waals surface area contributed by atoms with Crippen molar-refractivity contribution in [2.75, 3.05) is 13.1 Å². The molecule has 168 valence electrons. The van der Waals surface area contributed by atoms with Crippen LogP contribution >= 0.6 is 0 Å². The van der Waals surface area contributed by atoms with Gasteiger partial charge >= 0.3 is 5.97 Å². The average molecular weight is 457 g/mol. The van der Waals surface area contributed by atoms with Gasteiger partial charge in [0.1, 0.15) is 5.69 Å². The van der Waals surface area contributed by atoms with Crippen LogP contribution in [0.4, 0.5) is 0 Å². The van der Waals surface area contributed by atoms with Crippen LogP contribution in [0.1, 0.15) is 30.0 Å². The van der Waals surface area contributed by atoms with Crippen LogP contribution in [0, 0.1) is 0 Å². The SMILES string of the molecule is CC1CN(S(=O)(=O)c2cccc(C(=O)OCc3cc(-c4ccccc4)no3)c2)CC(C)O1. The van der Waals surface area contributed by atoms with E-state index in [1.54, 1.807) is 6.07 Å². The van der Waals surface area contributed by atoms with Gasteiger partial charge in [-0.1, -0.05) is 41.6 Å². The number of benzene rings is 2. The van der Waals surface area contributed by atoms with Gasteiger partial charge in [-0.15, -0.1) is 0 Å². The fraction of sp³-hybridized carbons (Fsp3) is 0.304. The molecule has 0 radical (unpaired) electrons. The first-order chi connectivity index (χ1) is 15.3. The number of carbonyl (C=O) groups excluding carboxylic acids is 1. The van der Waals surface area contributed by atoms with E-state index in [1.807, 2.05) is 44.2 Å². The summed E-state index contributed by atoms with van der Waals surface area (Å²) in [4.78, 5) is 12.6. The van der Waals surface area contributed by atoms with Gasteiger partial charge in [0.15, 0.2) is 12.4 Å². The van der Waals surface area contributed by atoms with Crippen molar-refractivity contribution in [3.8, 4) is 11.3 Å². The largest absolute Gasteiger partial charge is 0.454 e. The van der Waals surface area contributed by atoms with Crippen molar-refractivity contribution in [3.63, 3.8) is 0 Å². The minimum absolute atomic E-state index is 0.0410. The number of ether oxygens (including phenoxy) is 2. The van der Waals surface area contributed by atoms with E-state index in [1.165, 1.54) is 28.6 Å². The van der Waals surface area contributed by atoms with Gasteiger partial charge in [-0.3, -0.25) is 0 Å². The summed E-state index contributed by atoms with van der Waals surface area (Å²) >= 11 is 0.